The maximum atomic E-state index is 13.4. The van der Waals surface area contributed by atoms with Crippen LogP contribution in [0.15, 0.2) is 47.7 Å². The molecule has 2 N–H and O–H groups in total. The second-order valence-electron chi connectivity index (χ2n) is 12.0. The number of hydrogen-bond donors (Lipinski definition) is 2. The third-order valence-electron chi connectivity index (χ3n) is 9.39. The van der Waals surface area contributed by atoms with Gasteiger partial charge in [0.2, 0.25) is 17.7 Å². The Bertz CT molecular complexity index is 1200. The zero-order chi connectivity index (χ0) is 27.7. The number of nitrogens with one attached hydrogen (secondary N) is 2. The summed E-state index contributed by atoms with van der Waals surface area (Å²) in [6.07, 6.45) is 8.77. The van der Waals surface area contributed by atoms with Crippen molar-refractivity contribution in [1.82, 2.24) is 20.4 Å². The minimum Gasteiger partial charge on any atom is -0.492 e. The number of nitrogens with zero attached hydrogens (tertiary/aromatic N) is 3. The van der Waals surface area contributed by atoms with Crippen LogP contribution in [-0.2, 0) is 25.7 Å². The number of fused-ring (bicyclic) bond motifs is 1. The normalized spacial score (nSPS) is 29.6. The summed E-state index contributed by atoms with van der Waals surface area (Å²) < 4.78 is 6.37. The summed E-state index contributed by atoms with van der Waals surface area (Å²) >= 11 is 0. The number of rotatable bonds is 7. The van der Waals surface area contributed by atoms with Gasteiger partial charge < -0.3 is 19.9 Å². The Hall–Kier alpha value is -3.17. The molecule has 3 atom stereocenters. The van der Waals surface area contributed by atoms with Crippen molar-refractivity contribution in [1.29, 1.82) is 0 Å². The van der Waals surface area contributed by atoms with Crippen LogP contribution in [0.4, 0.5) is 5.69 Å². The van der Waals surface area contributed by atoms with Gasteiger partial charge in [-0.15, -0.1) is 0 Å². The van der Waals surface area contributed by atoms with E-state index in [-0.39, 0.29) is 24.1 Å². The van der Waals surface area contributed by atoms with E-state index in [9.17, 15) is 14.4 Å². The first-order chi connectivity index (χ1) is 19.4. The summed E-state index contributed by atoms with van der Waals surface area (Å²) in [6.45, 7) is 9.16. The van der Waals surface area contributed by atoms with E-state index in [1.54, 1.807) is 4.90 Å². The monoisotopic (exact) mass is 547 g/mol. The molecule has 0 aromatic heterocycles. The summed E-state index contributed by atoms with van der Waals surface area (Å²) in [5.41, 5.74) is 2.97. The zero-order valence-corrected chi connectivity index (χ0v) is 23.5. The summed E-state index contributed by atoms with van der Waals surface area (Å²) in [5.74, 6) is 0.145. The molecule has 40 heavy (non-hydrogen) atoms. The van der Waals surface area contributed by atoms with Crippen LogP contribution in [0, 0.1) is 5.41 Å². The number of hydrogen-bond acceptors (Lipinski definition) is 7. The van der Waals surface area contributed by atoms with E-state index in [0.29, 0.717) is 32.0 Å². The predicted molar refractivity (Wildman–Crippen MR) is 152 cm³/mol. The molecule has 1 aliphatic carbocycles. The van der Waals surface area contributed by atoms with Crippen molar-refractivity contribution in [2.75, 3.05) is 50.8 Å². The third-order valence-corrected chi connectivity index (χ3v) is 9.39. The van der Waals surface area contributed by atoms with Crippen molar-refractivity contribution in [2.45, 2.75) is 64.1 Å². The summed E-state index contributed by atoms with van der Waals surface area (Å²) in [6, 6.07) is 8.81. The Balaban J connectivity index is 1.06. The van der Waals surface area contributed by atoms with E-state index < -0.39 is 11.5 Å². The molecular weight excluding hydrogens is 506 g/mol. The Labute approximate surface area is 236 Å². The van der Waals surface area contributed by atoms with Crippen LogP contribution in [0.1, 0.15) is 51.0 Å². The number of carbonyl (C=O) groups excluding carboxylic acids is 3. The van der Waals surface area contributed by atoms with Crippen molar-refractivity contribution >= 4 is 23.4 Å². The highest BCUT2D eigenvalue weighted by molar-refractivity contribution is 6.03. The largest absolute Gasteiger partial charge is 0.492 e. The van der Waals surface area contributed by atoms with E-state index in [2.05, 4.69) is 44.7 Å². The third kappa shape index (κ3) is 5.41. The van der Waals surface area contributed by atoms with Crippen LogP contribution in [0.5, 0.6) is 0 Å². The molecule has 0 radical (unpaired) electrons. The van der Waals surface area contributed by atoms with Gasteiger partial charge in [-0.05, 0) is 74.6 Å². The molecule has 9 heteroatoms. The van der Waals surface area contributed by atoms with Crippen molar-refractivity contribution < 1.29 is 19.1 Å². The van der Waals surface area contributed by atoms with Gasteiger partial charge in [0.25, 0.3) is 0 Å². The number of likely N-dealkylation sites (tertiary alicyclic amines) is 2. The number of ether oxygens (including phenoxy) is 1. The first-order valence-corrected chi connectivity index (χ1v) is 14.9. The van der Waals surface area contributed by atoms with E-state index in [1.807, 2.05) is 19.1 Å². The van der Waals surface area contributed by atoms with Gasteiger partial charge in [0.1, 0.15) is 18.4 Å². The highest BCUT2D eigenvalue weighted by atomic mass is 16.5. The van der Waals surface area contributed by atoms with Crippen molar-refractivity contribution in [2.24, 2.45) is 5.41 Å². The summed E-state index contributed by atoms with van der Waals surface area (Å²) in [5, 5.41) is 5.80. The van der Waals surface area contributed by atoms with E-state index in [4.69, 9.17) is 4.74 Å². The number of piperazine rings is 1. The second-order valence-corrected chi connectivity index (χ2v) is 12.0. The Kier molecular flexibility index (Phi) is 7.68. The number of carbonyl (C=O) groups is 3. The molecule has 0 spiro atoms. The van der Waals surface area contributed by atoms with Gasteiger partial charge in [-0.2, -0.15) is 0 Å². The molecule has 5 aliphatic rings. The van der Waals surface area contributed by atoms with Gasteiger partial charge in [0.15, 0.2) is 0 Å². The van der Waals surface area contributed by atoms with Crippen LogP contribution in [0.2, 0.25) is 0 Å². The number of amides is 3. The SMILES string of the molecule is CC12CC=C(OC[C@H]3CCCCN3Cc3ccc(N4CCNCC4)cc3)C=C1CN(C1CCC(=O)NC1=O)C2=O. The molecule has 4 aliphatic heterocycles. The number of anilines is 1. The summed E-state index contributed by atoms with van der Waals surface area (Å²) in [7, 11) is 0. The highest BCUT2D eigenvalue weighted by Crippen LogP contribution is 2.44. The van der Waals surface area contributed by atoms with Gasteiger partial charge in [-0.25, -0.2) is 0 Å². The van der Waals surface area contributed by atoms with Gasteiger partial charge in [-0.1, -0.05) is 18.6 Å². The fraction of sp³-hybridized carbons (Fsp3) is 0.581. The van der Waals surface area contributed by atoms with Gasteiger partial charge in [0.05, 0.1) is 5.41 Å². The zero-order valence-electron chi connectivity index (χ0n) is 23.5. The molecule has 9 nitrogen and oxygen atoms in total. The molecule has 6 rings (SSSR count). The van der Waals surface area contributed by atoms with Crippen LogP contribution >= 0.6 is 0 Å². The standard InChI is InChI=1S/C31H41N5O4/c1-31-12-11-26(18-23(31)20-36(30(31)39)27-9-10-28(37)33-29(27)38)40-21-25-4-2-3-15-35(25)19-22-5-7-24(8-6-22)34-16-13-32-14-17-34/h5-8,11,18,25,27,32H,2-4,9-10,12-17,19-21H2,1H3,(H,33,37,38)/t25-,27?,31?/m1/s1. The predicted octanol–water partition coefficient (Wildman–Crippen LogP) is 2.34. The van der Waals surface area contributed by atoms with Crippen molar-refractivity contribution in [3.05, 3.63) is 53.3 Å². The molecular formula is C31H41N5O4. The molecule has 1 aromatic carbocycles. The lowest BCUT2D eigenvalue weighted by atomic mass is 9.78. The molecule has 1 aromatic rings. The average molecular weight is 548 g/mol. The molecule has 4 heterocycles. The topological polar surface area (TPSA) is 94.2 Å². The maximum Gasteiger partial charge on any atom is 0.249 e. The minimum absolute atomic E-state index is 0.0371. The lowest BCUT2D eigenvalue weighted by Crippen LogP contribution is -2.53. The van der Waals surface area contributed by atoms with Crippen molar-refractivity contribution in [3.63, 3.8) is 0 Å². The molecule has 214 valence electrons. The number of allylic oxidation sites excluding steroid dienone is 2. The lowest BCUT2D eigenvalue weighted by Gasteiger charge is -2.36. The Morgan fingerprint density at radius 1 is 1.02 bits per heavy atom. The minimum atomic E-state index is -0.650. The number of imide groups is 1. The first kappa shape index (κ1) is 27.0. The molecule has 0 saturated carbocycles. The smallest absolute Gasteiger partial charge is 0.249 e. The quantitative estimate of drug-likeness (QED) is 0.506. The lowest BCUT2D eigenvalue weighted by molar-refractivity contribution is -0.146. The van der Waals surface area contributed by atoms with E-state index in [0.717, 1.165) is 57.0 Å². The van der Waals surface area contributed by atoms with E-state index in [1.165, 1.54) is 24.1 Å². The fourth-order valence-corrected chi connectivity index (χ4v) is 6.79. The average Bonchev–Trinajstić information content (AvgIpc) is 3.23. The second kappa shape index (κ2) is 11.4. The Morgan fingerprint density at radius 2 is 1.82 bits per heavy atom. The van der Waals surface area contributed by atoms with Crippen LogP contribution in [-0.4, -0.2) is 85.5 Å². The molecule has 3 amide bonds. The van der Waals surface area contributed by atoms with Crippen LogP contribution < -0.4 is 15.5 Å². The highest BCUT2D eigenvalue weighted by Gasteiger charge is 2.51. The Morgan fingerprint density at radius 3 is 2.60 bits per heavy atom. The first-order valence-electron chi connectivity index (χ1n) is 14.9. The number of benzene rings is 1. The molecule has 0 bridgehead atoms. The van der Waals surface area contributed by atoms with Crippen LogP contribution in [0.25, 0.3) is 0 Å². The van der Waals surface area contributed by atoms with Crippen LogP contribution in [0.3, 0.4) is 0 Å². The van der Waals surface area contributed by atoms with Crippen molar-refractivity contribution in [3.8, 4) is 0 Å². The molecule has 4 fully saturated rings. The summed E-state index contributed by atoms with van der Waals surface area (Å²) in [4.78, 5) is 44.1. The van der Waals surface area contributed by atoms with Gasteiger partial charge in [0, 0.05) is 57.4 Å². The number of piperidine rings is 2. The van der Waals surface area contributed by atoms with Gasteiger partial charge >= 0.3 is 0 Å². The van der Waals surface area contributed by atoms with E-state index >= 15 is 0 Å². The van der Waals surface area contributed by atoms with Gasteiger partial charge in [-0.3, -0.25) is 24.6 Å². The molecule has 2 unspecified atom stereocenters. The fourth-order valence-electron chi connectivity index (χ4n) is 6.79. The molecule has 4 saturated heterocycles. The maximum absolute atomic E-state index is 13.4.